The van der Waals surface area contributed by atoms with E-state index < -0.39 is 17.7 Å². The minimum absolute atomic E-state index is 0.185. The highest BCUT2D eigenvalue weighted by atomic mass is 16.2. The summed E-state index contributed by atoms with van der Waals surface area (Å²) in [4.78, 5) is 45.0. The standard InChI is InChI=1S/C19H22N4O3/c24-13-23(11-15-4-2-1-3-5-15)17(8-16-10-20-12-22-16)18(25)19(26)21-9-14-6-7-14/h1-5,10,12-14,17H,6-9,11H2,(H,20,22)(H,21,26). The number of Topliss-reactive ketones (excluding diaryl/α,β-unsaturated/α-hetero) is 1. The average molecular weight is 354 g/mol. The number of hydrogen-bond acceptors (Lipinski definition) is 4. The predicted octanol–water partition coefficient (Wildman–Crippen LogP) is 1.07. The van der Waals surface area contributed by atoms with Crippen molar-refractivity contribution < 1.29 is 14.4 Å². The third-order valence-corrected chi connectivity index (χ3v) is 4.48. The molecule has 0 bridgehead atoms. The summed E-state index contributed by atoms with van der Waals surface area (Å²) in [6.07, 6.45) is 6.14. The number of rotatable bonds is 10. The molecule has 7 heteroatoms. The molecule has 1 heterocycles. The highest BCUT2D eigenvalue weighted by Gasteiger charge is 2.32. The fourth-order valence-electron chi connectivity index (χ4n) is 2.77. The number of aromatic amines is 1. The number of carbonyl (C=O) groups is 3. The Morgan fingerprint density at radius 2 is 2.08 bits per heavy atom. The van der Waals surface area contributed by atoms with Crippen LogP contribution < -0.4 is 5.32 Å². The second kappa shape index (κ2) is 8.42. The van der Waals surface area contributed by atoms with Crippen LogP contribution in [0.1, 0.15) is 24.1 Å². The van der Waals surface area contributed by atoms with Gasteiger partial charge in [-0.15, -0.1) is 0 Å². The minimum Gasteiger partial charge on any atom is -0.351 e. The van der Waals surface area contributed by atoms with Gasteiger partial charge < -0.3 is 15.2 Å². The van der Waals surface area contributed by atoms with Gasteiger partial charge in [0.15, 0.2) is 0 Å². The van der Waals surface area contributed by atoms with Crippen molar-refractivity contribution in [2.24, 2.45) is 5.92 Å². The van der Waals surface area contributed by atoms with Crippen LogP contribution in [0, 0.1) is 5.92 Å². The molecule has 2 amide bonds. The van der Waals surface area contributed by atoms with Crippen molar-refractivity contribution in [2.45, 2.75) is 31.8 Å². The van der Waals surface area contributed by atoms with Crippen LogP contribution >= 0.6 is 0 Å². The van der Waals surface area contributed by atoms with Crippen LogP contribution in [0.5, 0.6) is 0 Å². The van der Waals surface area contributed by atoms with Gasteiger partial charge in [0.2, 0.25) is 12.2 Å². The summed E-state index contributed by atoms with van der Waals surface area (Å²) in [6, 6.07) is 8.47. The van der Waals surface area contributed by atoms with Crippen molar-refractivity contribution in [2.75, 3.05) is 6.54 Å². The van der Waals surface area contributed by atoms with Crippen LogP contribution in [0.2, 0.25) is 0 Å². The number of carbonyl (C=O) groups excluding carboxylic acids is 3. The molecule has 3 rings (SSSR count). The van der Waals surface area contributed by atoms with Crippen molar-refractivity contribution in [3.05, 3.63) is 54.1 Å². The molecule has 1 atom stereocenters. The van der Waals surface area contributed by atoms with Crippen LogP contribution in [-0.2, 0) is 27.3 Å². The molecule has 26 heavy (non-hydrogen) atoms. The Hall–Kier alpha value is -2.96. The fourth-order valence-corrected chi connectivity index (χ4v) is 2.77. The topological polar surface area (TPSA) is 95.2 Å². The molecule has 1 aliphatic carbocycles. The summed E-state index contributed by atoms with van der Waals surface area (Å²) in [5, 5.41) is 2.69. The highest BCUT2D eigenvalue weighted by Crippen LogP contribution is 2.27. The van der Waals surface area contributed by atoms with E-state index in [0.717, 1.165) is 18.4 Å². The first-order chi connectivity index (χ1) is 12.7. The second-order valence-corrected chi connectivity index (χ2v) is 6.56. The molecule has 1 aromatic carbocycles. The molecular formula is C19H22N4O3. The summed E-state index contributed by atoms with van der Waals surface area (Å²) in [5.74, 6) is -0.780. The van der Waals surface area contributed by atoms with Gasteiger partial charge in [-0.2, -0.15) is 0 Å². The van der Waals surface area contributed by atoms with Gasteiger partial charge >= 0.3 is 0 Å². The zero-order valence-electron chi connectivity index (χ0n) is 14.4. The Morgan fingerprint density at radius 1 is 1.31 bits per heavy atom. The summed E-state index contributed by atoms with van der Waals surface area (Å²) in [5.41, 5.74) is 1.51. The number of imidazole rings is 1. The molecule has 7 nitrogen and oxygen atoms in total. The predicted molar refractivity (Wildman–Crippen MR) is 94.9 cm³/mol. The van der Waals surface area contributed by atoms with Crippen molar-refractivity contribution in [1.82, 2.24) is 20.2 Å². The van der Waals surface area contributed by atoms with Gasteiger partial charge in [0, 0.05) is 25.7 Å². The van der Waals surface area contributed by atoms with Crippen LogP contribution in [-0.4, -0.2) is 45.6 Å². The average Bonchev–Trinajstić information content (AvgIpc) is 3.36. The molecule has 1 aromatic heterocycles. The molecule has 1 aliphatic rings. The van der Waals surface area contributed by atoms with Gasteiger partial charge in [-0.25, -0.2) is 4.98 Å². The number of amides is 2. The van der Waals surface area contributed by atoms with Crippen molar-refractivity contribution in [3.8, 4) is 0 Å². The molecule has 2 N–H and O–H groups in total. The second-order valence-electron chi connectivity index (χ2n) is 6.56. The van der Waals surface area contributed by atoms with Gasteiger partial charge in [-0.05, 0) is 24.3 Å². The highest BCUT2D eigenvalue weighted by molar-refractivity contribution is 6.38. The third-order valence-electron chi connectivity index (χ3n) is 4.48. The number of H-pyrrole nitrogens is 1. The molecule has 136 valence electrons. The molecule has 0 spiro atoms. The van der Waals surface area contributed by atoms with Crippen molar-refractivity contribution >= 4 is 18.1 Å². The Bertz CT molecular complexity index is 741. The molecule has 0 saturated heterocycles. The van der Waals surface area contributed by atoms with Crippen LogP contribution in [0.4, 0.5) is 0 Å². The van der Waals surface area contributed by atoms with Gasteiger partial charge in [-0.1, -0.05) is 30.3 Å². The number of aromatic nitrogens is 2. The van der Waals surface area contributed by atoms with Gasteiger partial charge in [0.05, 0.1) is 12.0 Å². The quantitative estimate of drug-likeness (QED) is 0.493. The summed E-state index contributed by atoms with van der Waals surface area (Å²) in [6.45, 7) is 0.764. The Balaban J connectivity index is 1.74. The van der Waals surface area contributed by atoms with Gasteiger partial charge in [0.25, 0.3) is 5.91 Å². The van der Waals surface area contributed by atoms with E-state index >= 15 is 0 Å². The Labute approximate surface area is 151 Å². The van der Waals surface area contributed by atoms with E-state index in [4.69, 9.17) is 0 Å². The van der Waals surface area contributed by atoms with E-state index in [1.807, 2.05) is 30.3 Å². The number of hydrogen-bond donors (Lipinski definition) is 2. The molecular weight excluding hydrogens is 332 g/mol. The van der Waals surface area contributed by atoms with E-state index in [-0.39, 0.29) is 13.0 Å². The fraction of sp³-hybridized carbons (Fsp3) is 0.368. The molecule has 1 unspecified atom stereocenters. The maximum absolute atomic E-state index is 12.7. The lowest BCUT2D eigenvalue weighted by atomic mass is 10.0. The maximum Gasteiger partial charge on any atom is 0.289 e. The minimum atomic E-state index is -0.893. The van der Waals surface area contributed by atoms with Crippen LogP contribution in [0.25, 0.3) is 0 Å². The first kappa shape index (κ1) is 17.8. The molecule has 2 aromatic rings. The summed E-state index contributed by atoms with van der Waals surface area (Å²) >= 11 is 0. The largest absolute Gasteiger partial charge is 0.351 e. The summed E-state index contributed by atoms with van der Waals surface area (Å²) < 4.78 is 0. The lowest BCUT2D eigenvalue weighted by Gasteiger charge is -2.26. The van der Waals surface area contributed by atoms with E-state index in [0.29, 0.717) is 24.6 Å². The summed E-state index contributed by atoms with van der Waals surface area (Å²) in [7, 11) is 0. The normalized spacial score (nSPS) is 14.5. The van der Waals surface area contributed by atoms with Gasteiger partial charge in [-0.3, -0.25) is 14.4 Å². The van der Waals surface area contributed by atoms with Crippen molar-refractivity contribution in [1.29, 1.82) is 0 Å². The SMILES string of the molecule is O=CN(Cc1ccccc1)C(Cc1c[nH]cn1)C(=O)C(=O)NCC1CC1. The zero-order valence-corrected chi connectivity index (χ0v) is 14.4. The molecule has 1 fully saturated rings. The van der Waals surface area contributed by atoms with Crippen LogP contribution in [0.3, 0.4) is 0 Å². The Kier molecular flexibility index (Phi) is 5.78. The molecule has 1 saturated carbocycles. The molecule has 0 radical (unpaired) electrons. The zero-order chi connectivity index (χ0) is 18.4. The lowest BCUT2D eigenvalue weighted by Crippen LogP contribution is -2.48. The van der Waals surface area contributed by atoms with E-state index in [9.17, 15) is 14.4 Å². The van der Waals surface area contributed by atoms with Crippen LogP contribution in [0.15, 0.2) is 42.9 Å². The first-order valence-corrected chi connectivity index (χ1v) is 8.72. The van der Waals surface area contributed by atoms with Gasteiger partial charge in [0.1, 0.15) is 6.04 Å². The van der Waals surface area contributed by atoms with E-state index in [1.165, 1.54) is 11.2 Å². The van der Waals surface area contributed by atoms with E-state index in [1.54, 1.807) is 6.20 Å². The third kappa shape index (κ3) is 4.78. The lowest BCUT2D eigenvalue weighted by molar-refractivity contribution is -0.143. The van der Waals surface area contributed by atoms with E-state index in [2.05, 4.69) is 15.3 Å². The first-order valence-electron chi connectivity index (χ1n) is 8.72. The smallest absolute Gasteiger partial charge is 0.289 e. The number of nitrogens with zero attached hydrogens (tertiary/aromatic N) is 2. The van der Waals surface area contributed by atoms with Crippen molar-refractivity contribution in [3.63, 3.8) is 0 Å². The number of nitrogens with one attached hydrogen (secondary N) is 2. The number of benzene rings is 1. The maximum atomic E-state index is 12.7. The number of ketones is 1. The molecule has 0 aliphatic heterocycles. The Morgan fingerprint density at radius 3 is 2.69 bits per heavy atom. The monoisotopic (exact) mass is 354 g/mol.